The van der Waals surface area contributed by atoms with Crippen molar-refractivity contribution < 1.29 is 27.5 Å². The Morgan fingerprint density at radius 3 is 2.44 bits per heavy atom. The second-order valence-electron chi connectivity index (χ2n) is 9.85. The Labute approximate surface area is 196 Å². The Balaban J connectivity index is 1.68. The van der Waals surface area contributed by atoms with Crippen LogP contribution in [0.15, 0.2) is 40.8 Å². The van der Waals surface area contributed by atoms with Crippen molar-refractivity contribution >= 4 is 27.9 Å². The van der Waals surface area contributed by atoms with Gasteiger partial charge in [0.05, 0.1) is 0 Å². The Morgan fingerprint density at radius 1 is 1.12 bits per heavy atom. The van der Waals surface area contributed by atoms with Crippen LogP contribution in [0.1, 0.15) is 56.2 Å². The molecule has 8 heteroatoms. The number of nitrogens with one attached hydrogen (secondary N) is 1. The highest BCUT2D eigenvalue weighted by Crippen LogP contribution is 2.38. The number of carbonyl (C=O) groups is 1. The fourth-order valence-corrected chi connectivity index (χ4v) is 4.88. The Kier molecular flexibility index (Phi) is 6.92. The van der Waals surface area contributed by atoms with Gasteiger partial charge in [0, 0.05) is 10.8 Å². The summed E-state index contributed by atoms with van der Waals surface area (Å²) in [6.07, 6.45) is -2.43. The molecular weight excluding hydrogens is 445 g/mol. The molecule has 0 radical (unpaired) electrons. The number of carboxylic acids is 1. The first-order valence-electron chi connectivity index (χ1n) is 11.7. The van der Waals surface area contributed by atoms with Crippen LogP contribution in [0.4, 0.5) is 13.2 Å². The van der Waals surface area contributed by atoms with E-state index in [4.69, 9.17) is 4.42 Å². The molecule has 2 N–H and O–H groups in total. The van der Waals surface area contributed by atoms with Gasteiger partial charge in [0.1, 0.15) is 23.2 Å². The second-order valence-corrected chi connectivity index (χ2v) is 9.85. The molecule has 0 bridgehead atoms. The molecule has 3 aromatic rings. The average Bonchev–Trinajstić information content (AvgIpc) is 3.12. The molecule has 34 heavy (non-hydrogen) atoms. The van der Waals surface area contributed by atoms with Crippen LogP contribution in [0.3, 0.4) is 0 Å². The molecule has 0 amide bonds. The van der Waals surface area contributed by atoms with Crippen LogP contribution in [-0.2, 0) is 4.79 Å². The number of rotatable bonds is 7. The standard InChI is InChI=1S/C26H31F3N2O3/c1-15(2)12-21(25(32)33)30-24(26(27,28)29)18-4-6-19-20-13-17(16-8-10-31(3)11-9-16)5-7-22(20)34-23(19)14-18/h4-7,13-16,21,24,30H,8-12H2,1-3H3,(H,32,33)/t21-,24?/m0/s1. The summed E-state index contributed by atoms with van der Waals surface area (Å²) in [7, 11) is 2.12. The lowest BCUT2D eigenvalue weighted by molar-refractivity contribution is -0.163. The van der Waals surface area contributed by atoms with Crippen LogP contribution in [0.25, 0.3) is 21.9 Å². The molecule has 0 aliphatic carbocycles. The number of hydrogen-bond acceptors (Lipinski definition) is 4. The number of likely N-dealkylation sites (tertiary alicyclic amines) is 1. The van der Waals surface area contributed by atoms with Crippen molar-refractivity contribution in [2.45, 2.75) is 57.3 Å². The lowest BCUT2D eigenvalue weighted by Gasteiger charge is -2.29. The van der Waals surface area contributed by atoms with Gasteiger partial charge in [-0.15, -0.1) is 0 Å². The number of piperidine rings is 1. The van der Waals surface area contributed by atoms with Crippen molar-refractivity contribution in [1.29, 1.82) is 0 Å². The Hall–Kier alpha value is -2.58. The number of alkyl halides is 3. The fraction of sp³-hybridized carbons (Fsp3) is 0.500. The van der Waals surface area contributed by atoms with Gasteiger partial charge in [-0.2, -0.15) is 13.2 Å². The molecule has 184 valence electrons. The van der Waals surface area contributed by atoms with E-state index in [2.05, 4.69) is 23.3 Å². The largest absolute Gasteiger partial charge is 0.480 e. The minimum atomic E-state index is -4.66. The number of aliphatic carboxylic acids is 1. The van der Waals surface area contributed by atoms with Gasteiger partial charge in [0.25, 0.3) is 0 Å². The SMILES string of the molecule is CC(C)C[C@H](NC(c1ccc2c(c1)oc1ccc(C3CCN(C)CC3)cc12)C(F)(F)F)C(=O)O. The van der Waals surface area contributed by atoms with Crippen LogP contribution >= 0.6 is 0 Å². The highest BCUT2D eigenvalue weighted by molar-refractivity contribution is 6.05. The molecule has 4 rings (SSSR count). The van der Waals surface area contributed by atoms with Gasteiger partial charge in [-0.3, -0.25) is 10.1 Å². The summed E-state index contributed by atoms with van der Waals surface area (Å²) in [5.41, 5.74) is 2.15. The van der Waals surface area contributed by atoms with E-state index in [1.807, 2.05) is 12.1 Å². The summed E-state index contributed by atoms with van der Waals surface area (Å²) in [6, 6.07) is 7.06. The van der Waals surface area contributed by atoms with E-state index >= 15 is 0 Å². The number of carboxylic acid groups (broad SMARTS) is 1. The first kappa shape index (κ1) is 24.5. The summed E-state index contributed by atoms with van der Waals surface area (Å²) >= 11 is 0. The molecule has 1 saturated heterocycles. The highest BCUT2D eigenvalue weighted by Gasteiger charge is 2.43. The Bertz CT molecular complexity index is 1160. The van der Waals surface area contributed by atoms with Gasteiger partial charge in [0.2, 0.25) is 0 Å². The quantitative estimate of drug-likeness (QED) is 0.432. The van der Waals surface area contributed by atoms with E-state index in [0.717, 1.165) is 36.7 Å². The zero-order valence-corrected chi connectivity index (χ0v) is 19.7. The smallest absolute Gasteiger partial charge is 0.407 e. The van der Waals surface area contributed by atoms with Gasteiger partial charge >= 0.3 is 12.1 Å². The zero-order chi connectivity index (χ0) is 24.6. The maximum absolute atomic E-state index is 14.0. The molecule has 5 nitrogen and oxygen atoms in total. The fourth-order valence-electron chi connectivity index (χ4n) is 4.88. The van der Waals surface area contributed by atoms with E-state index in [1.165, 1.54) is 17.7 Å². The molecule has 1 aromatic heterocycles. The van der Waals surface area contributed by atoms with Crippen molar-refractivity contribution in [3.8, 4) is 0 Å². The van der Waals surface area contributed by atoms with Crippen LogP contribution in [-0.4, -0.2) is 48.3 Å². The van der Waals surface area contributed by atoms with E-state index in [1.54, 1.807) is 19.9 Å². The summed E-state index contributed by atoms with van der Waals surface area (Å²) < 4.78 is 47.8. The lowest BCUT2D eigenvalue weighted by atomic mass is 9.89. The van der Waals surface area contributed by atoms with Crippen molar-refractivity contribution in [3.63, 3.8) is 0 Å². The second kappa shape index (κ2) is 9.58. The van der Waals surface area contributed by atoms with Gasteiger partial charge in [-0.1, -0.05) is 32.0 Å². The van der Waals surface area contributed by atoms with E-state index in [0.29, 0.717) is 17.1 Å². The summed E-state index contributed by atoms with van der Waals surface area (Å²) in [5, 5.41) is 13.4. The predicted molar refractivity (Wildman–Crippen MR) is 126 cm³/mol. The van der Waals surface area contributed by atoms with Crippen LogP contribution < -0.4 is 5.32 Å². The summed E-state index contributed by atoms with van der Waals surface area (Å²) in [5.74, 6) is -0.911. The number of hydrogen-bond donors (Lipinski definition) is 2. The molecule has 0 saturated carbocycles. The van der Waals surface area contributed by atoms with Crippen molar-refractivity contribution in [2.75, 3.05) is 20.1 Å². The molecule has 2 atom stereocenters. The minimum Gasteiger partial charge on any atom is -0.480 e. The Morgan fingerprint density at radius 2 is 1.82 bits per heavy atom. The lowest BCUT2D eigenvalue weighted by Crippen LogP contribution is -2.45. The summed E-state index contributed by atoms with van der Waals surface area (Å²) in [4.78, 5) is 13.9. The number of benzene rings is 2. The molecule has 0 spiro atoms. The van der Waals surface area contributed by atoms with Crippen molar-refractivity contribution in [2.24, 2.45) is 5.92 Å². The number of fused-ring (bicyclic) bond motifs is 3. The van der Waals surface area contributed by atoms with Crippen LogP contribution in [0.5, 0.6) is 0 Å². The maximum atomic E-state index is 14.0. The van der Waals surface area contributed by atoms with Crippen molar-refractivity contribution in [3.05, 3.63) is 47.5 Å². The normalized spacial score (nSPS) is 18.1. The van der Waals surface area contributed by atoms with Gasteiger partial charge in [-0.25, -0.2) is 0 Å². The zero-order valence-electron chi connectivity index (χ0n) is 19.7. The third-order valence-electron chi connectivity index (χ3n) is 6.74. The highest BCUT2D eigenvalue weighted by atomic mass is 19.4. The number of nitrogens with zero attached hydrogens (tertiary/aromatic N) is 1. The molecule has 1 aliphatic heterocycles. The monoisotopic (exact) mass is 476 g/mol. The average molecular weight is 477 g/mol. The van der Waals surface area contributed by atoms with E-state index in [-0.39, 0.29) is 17.9 Å². The van der Waals surface area contributed by atoms with Crippen molar-refractivity contribution in [1.82, 2.24) is 10.2 Å². The first-order valence-corrected chi connectivity index (χ1v) is 11.7. The minimum absolute atomic E-state index is 0.0652. The molecule has 2 aromatic carbocycles. The molecule has 1 aliphatic rings. The topological polar surface area (TPSA) is 65.7 Å². The third-order valence-corrected chi connectivity index (χ3v) is 6.74. The van der Waals surface area contributed by atoms with Crippen LogP contribution in [0, 0.1) is 5.92 Å². The summed E-state index contributed by atoms with van der Waals surface area (Å²) in [6.45, 7) is 5.64. The molecular formula is C26H31F3N2O3. The molecule has 1 unspecified atom stereocenters. The van der Waals surface area contributed by atoms with E-state index < -0.39 is 24.2 Å². The molecule has 2 heterocycles. The van der Waals surface area contributed by atoms with Crippen LogP contribution in [0.2, 0.25) is 0 Å². The third kappa shape index (κ3) is 5.23. The van der Waals surface area contributed by atoms with Gasteiger partial charge in [-0.05, 0) is 80.6 Å². The van der Waals surface area contributed by atoms with Gasteiger partial charge in [0.15, 0.2) is 0 Å². The number of halogens is 3. The predicted octanol–water partition coefficient (Wildman–Crippen LogP) is 6.09. The number of furan rings is 1. The van der Waals surface area contributed by atoms with Gasteiger partial charge < -0.3 is 14.4 Å². The first-order chi connectivity index (χ1) is 16.0. The maximum Gasteiger partial charge on any atom is 0.407 e. The van der Waals surface area contributed by atoms with E-state index in [9.17, 15) is 23.1 Å². The molecule has 1 fully saturated rings.